The molecule has 0 spiro atoms. The van der Waals surface area contributed by atoms with E-state index in [1.807, 2.05) is 24.3 Å². The minimum absolute atomic E-state index is 0.142. The number of nitrogens with zero attached hydrogens (tertiary/aromatic N) is 5. The maximum absolute atomic E-state index is 13.2. The third-order valence-corrected chi connectivity index (χ3v) is 5.61. The highest BCUT2D eigenvalue weighted by atomic mass is 19.1. The van der Waals surface area contributed by atoms with Gasteiger partial charge in [0.05, 0.1) is 11.4 Å². The SMILES string of the molecule is Cc1c(C(=O)N2CCC(c3nc4ccccc4o3)CC2)nnn1-c1ccc(F)cc1. The Bertz CT molecular complexity index is 1170. The van der Waals surface area contributed by atoms with E-state index in [1.54, 1.807) is 28.6 Å². The molecule has 30 heavy (non-hydrogen) atoms. The van der Waals surface area contributed by atoms with Crippen LogP contribution in [0.15, 0.2) is 52.9 Å². The molecule has 1 fully saturated rings. The lowest BCUT2D eigenvalue weighted by atomic mass is 9.96. The normalized spacial score (nSPS) is 15.1. The van der Waals surface area contributed by atoms with Crippen molar-refractivity contribution in [2.24, 2.45) is 0 Å². The summed E-state index contributed by atoms with van der Waals surface area (Å²) < 4.78 is 20.6. The zero-order chi connectivity index (χ0) is 20.7. The first-order valence-electron chi connectivity index (χ1n) is 9.93. The summed E-state index contributed by atoms with van der Waals surface area (Å²) in [6.07, 6.45) is 1.56. The molecule has 5 rings (SSSR count). The summed E-state index contributed by atoms with van der Waals surface area (Å²) >= 11 is 0. The standard InChI is InChI=1S/C22H20FN5O2/c1-14-20(25-26-28(14)17-8-6-16(23)7-9-17)22(29)27-12-10-15(11-13-27)21-24-18-4-2-3-5-19(18)30-21/h2-9,15H,10-13H2,1H3. The Kier molecular flexibility index (Phi) is 4.54. The predicted octanol–water partition coefficient (Wildman–Crippen LogP) is 3.88. The summed E-state index contributed by atoms with van der Waals surface area (Å²) in [6, 6.07) is 13.7. The quantitative estimate of drug-likeness (QED) is 0.517. The maximum Gasteiger partial charge on any atom is 0.276 e. The van der Waals surface area contributed by atoms with Gasteiger partial charge in [0.2, 0.25) is 0 Å². The molecule has 0 unspecified atom stereocenters. The van der Waals surface area contributed by atoms with Crippen molar-refractivity contribution in [1.29, 1.82) is 0 Å². The van der Waals surface area contributed by atoms with Crippen LogP contribution >= 0.6 is 0 Å². The van der Waals surface area contributed by atoms with Gasteiger partial charge in [-0.2, -0.15) is 0 Å². The number of rotatable bonds is 3. The van der Waals surface area contributed by atoms with Gasteiger partial charge in [-0.3, -0.25) is 4.79 Å². The minimum atomic E-state index is -0.324. The van der Waals surface area contributed by atoms with Gasteiger partial charge in [-0.25, -0.2) is 14.1 Å². The van der Waals surface area contributed by atoms with Gasteiger partial charge >= 0.3 is 0 Å². The smallest absolute Gasteiger partial charge is 0.276 e. The van der Waals surface area contributed by atoms with Crippen molar-refractivity contribution in [1.82, 2.24) is 24.9 Å². The van der Waals surface area contributed by atoms with Crippen LogP contribution < -0.4 is 0 Å². The largest absolute Gasteiger partial charge is 0.440 e. The Labute approximate surface area is 172 Å². The van der Waals surface area contributed by atoms with Crippen LogP contribution in [0.3, 0.4) is 0 Å². The van der Waals surface area contributed by atoms with Crippen molar-refractivity contribution in [2.75, 3.05) is 13.1 Å². The average Bonchev–Trinajstić information content (AvgIpc) is 3.38. The average molecular weight is 405 g/mol. The second-order valence-electron chi connectivity index (χ2n) is 7.50. The van der Waals surface area contributed by atoms with Crippen LogP contribution in [-0.2, 0) is 0 Å². The fourth-order valence-corrected chi connectivity index (χ4v) is 3.90. The van der Waals surface area contributed by atoms with Gasteiger partial charge in [-0.1, -0.05) is 17.3 Å². The topological polar surface area (TPSA) is 77.1 Å². The second-order valence-corrected chi connectivity index (χ2v) is 7.50. The van der Waals surface area contributed by atoms with Crippen molar-refractivity contribution >= 4 is 17.0 Å². The van der Waals surface area contributed by atoms with Gasteiger partial charge in [0.25, 0.3) is 5.91 Å². The Morgan fingerprint density at radius 1 is 1.10 bits per heavy atom. The minimum Gasteiger partial charge on any atom is -0.440 e. The molecule has 152 valence electrons. The monoisotopic (exact) mass is 405 g/mol. The van der Waals surface area contributed by atoms with Gasteiger partial charge in [-0.05, 0) is 56.2 Å². The molecule has 4 aromatic rings. The third-order valence-electron chi connectivity index (χ3n) is 5.61. The molecule has 1 saturated heterocycles. The number of halogens is 1. The van der Waals surface area contributed by atoms with E-state index in [0.717, 1.165) is 29.8 Å². The number of oxazole rings is 1. The lowest BCUT2D eigenvalue weighted by Gasteiger charge is -2.30. The predicted molar refractivity (Wildman–Crippen MR) is 108 cm³/mol. The van der Waals surface area contributed by atoms with Crippen molar-refractivity contribution in [3.63, 3.8) is 0 Å². The summed E-state index contributed by atoms with van der Waals surface area (Å²) in [5.74, 6) is 0.464. The van der Waals surface area contributed by atoms with Gasteiger partial charge in [0.15, 0.2) is 17.2 Å². The van der Waals surface area contributed by atoms with E-state index in [9.17, 15) is 9.18 Å². The number of aromatic nitrogens is 4. The Morgan fingerprint density at radius 3 is 2.57 bits per heavy atom. The molecule has 0 atom stereocenters. The number of benzene rings is 2. The van der Waals surface area contributed by atoms with Crippen molar-refractivity contribution < 1.29 is 13.6 Å². The van der Waals surface area contributed by atoms with Crippen LogP contribution in [0.1, 0.15) is 40.8 Å². The van der Waals surface area contributed by atoms with E-state index in [-0.39, 0.29) is 17.6 Å². The molecule has 0 bridgehead atoms. The van der Waals surface area contributed by atoms with Gasteiger partial charge in [0.1, 0.15) is 11.3 Å². The lowest BCUT2D eigenvalue weighted by molar-refractivity contribution is 0.0700. The maximum atomic E-state index is 13.2. The third kappa shape index (κ3) is 3.24. The Balaban J connectivity index is 1.29. The number of hydrogen-bond acceptors (Lipinski definition) is 5. The molecule has 2 aromatic carbocycles. The highest BCUT2D eigenvalue weighted by Gasteiger charge is 2.30. The van der Waals surface area contributed by atoms with E-state index in [4.69, 9.17) is 4.42 Å². The van der Waals surface area contributed by atoms with Gasteiger partial charge < -0.3 is 9.32 Å². The van der Waals surface area contributed by atoms with Gasteiger partial charge in [-0.15, -0.1) is 5.10 Å². The van der Waals surface area contributed by atoms with Crippen molar-refractivity contribution in [3.8, 4) is 5.69 Å². The molecule has 0 saturated carbocycles. The van der Waals surface area contributed by atoms with E-state index in [0.29, 0.717) is 30.2 Å². The van der Waals surface area contributed by atoms with Crippen LogP contribution in [0.25, 0.3) is 16.8 Å². The molecular weight excluding hydrogens is 385 g/mol. The molecule has 1 amide bonds. The van der Waals surface area contributed by atoms with Crippen molar-refractivity contribution in [2.45, 2.75) is 25.7 Å². The number of amides is 1. The number of piperidine rings is 1. The number of fused-ring (bicyclic) bond motifs is 1. The Hall–Kier alpha value is -3.55. The first-order chi connectivity index (χ1) is 14.6. The van der Waals surface area contributed by atoms with Gasteiger partial charge in [0, 0.05) is 19.0 Å². The summed E-state index contributed by atoms with van der Waals surface area (Å²) in [6.45, 7) is 3.00. The molecule has 0 N–H and O–H groups in total. The molecule has 2 aromatic heterocycles. The summed E-state index contributed by atoms with van der Waals surface area (Å²) in [4.78, 5) is 19.4. The molecule has 8 heteroatoms. The Morgan fingerprint density at radius 2 is 1.83 bits per heavy atom. The molecular formula is C22H20FN5O2. The highest BCUT2D eigenvalue weighted by Crippen LogP contribution is 2.30. The molecule has 1 aliphatic rings. The van der Waals surface area contributed by atoms with E-state index in [1.165, 1.54) is 12.1 Å². The number of likely N-dealkylation sites (tertiary alicyclic amines) is 1. The van der Waals surface area contributed by atoms with Crippen molar-refractivity contribution in [3.05, 3.63) is 71.6 Å². The van der Waals surface area contributed by atoms with Crippen LogP contribution in [0.5, 0.6) is 0 Å². The summed E-state index contributed by atoms with van der Waals surface area (Å²) in [7, 11) is 0. The fraction of sp³-hybridized carbons (Fsp3) is 0.273. The fourth-order valence-electron chi connectivity index (χ4n) is 3.90. The molecule has 0 aliphatic carbocycles. The number of carbonyl (C=O) groups is 1. The number of carbonyl (C=O) groups excluding carboxylic acids is 1. The van der Waals surface area contributed by atoms with E-state index >= 15 is 0 Å². The molecule has 0 radical (unpaired) electrons. The highest BCUT2D eigenvalue weighted by molar-refractivity contribution is 5.93. The zero-order valence-electron chi connectivity index (χ0n) is 16.5. The number of para-hydroxylation sites is 2. The first kappa shape index (κ1) is 18.5. The van der Waals surface area contributed by atoms with Crippen LogP contribution in [0.2, 0.25) is 0 Å². The molecule has 3 heterocycles. The van der Waals surface area contributed by atoms with Crippen LogP contribution in [0, 0.1) is 12.7 Å². The van der Waals surface area contributed by atoms with Crippen LogP contribution in [0.4, 0.5) is 4.39 Å². The molecule has 1 aliphatic heterocycles. The lowest BCUT2D eigenvalue weighted by Crippen LogP contribution is -2.38. The van der Waals surface area contributed by atoms with E-state index in [2.05, 4.69) is 15.3 Å². The summed E-state index contributed by atoms with van der Waals surface area (Å²) in [5, 5.41) is 8.18. The van der Waals surface area contributed by atoms with E-state index < -0.39 is 0 Å². The first-order valence-corrected chi connectivity index (χ1v) is 9.93. The van der Waals surface area contributed by atoms with Crippen LogP contribution in [-0.4, -0.2) is 43.9 Å². The summed E-state index contributed by atoms with van der Waals surface area (Å²) in [5.41, 5.74) is 3.26. The number of hydrogen-bond donors (Lipinski definition) is 0. The molecule has 7 nitrogen and oxygen atoms in total. The second kappa shape index (κ2) is 7.37. The zero-order valence-corrected chi connectivity index (χ0v) is 16.5.